The maximum Gasteiger partial charge on any atom is 0.226 e. The number of nitrogens with zero attached hydrogens (tertiary/aromatic N) is 3. The van der Waals surface area contributed by atoms with Crippen LogP contribution in [0.1, 0.15) is 11.1 Å². The van der Waals surface area contributed by atoms with Gasteiger partial charge in [-0.3, -0.25) is 0 Å². The summed E-state index contributed by atoms with van der Waals surface area (Å²) < 4.78 is 5.55. The van der Waals surface area contributed by atoms with Crippen molar-refractivity contribution < 1.29 is 4.74 Å². The lowest BCUT2D eigenvalue weighted by molar-refractivity contribution is 0.458. The Morgan fingerprint density at radius 2 is 2.24 bits per heavy atom. The standard InChI is InChI=1S/C12H10N4O/c1-8-7-15-12(14)16-11(8)17-10-4-2-3-9(5-10)6-13/h2-5,7H,1H3,(H2,14,15,16). The molecule has 0 saturated heterocycles. The van der Waals surface area contributed by atoms with E-state index in [-0.39, 0.29) is 5.95 Å². The second-order valence-electron chi connectivity index (χ2n) is 3.46. The first kappa shape index (κ1) is 10.9. The van der Waals surface area contributed by atoms with Crippen LogP contribution < -0.4 is 10.5 Å². The van der Waals surface area contributed by atoms with Gasteiger partial charge in [0.2, 0.25) is 11.8 Å². The van der Waals surface area contributed by atoms with Crippen LogP contribution >= 0.6 is 0 Å². The molecule has 0 saturated carbocycles. The average Bonchev–Trinajstić information content (AvgIpc) is 2.34. The van der Waals surface area contributed by atoms with Crippen LogP contribution in [0, 0.1) is 18.3 Å². The molecule has 1 heterocycles. The minimum Gasteiger partial charge on any atom is -0.439 e. The van der Waals surface area contributed by atoms with Crippen molar-refractivity contribution in [2.75, 3.05) is 5.73 Å². The first-order chi connectivity index (χ1) is 8.19. The number of hydrogen-bond donors (Lipinski definition) is 1. The summed E-state index contributed by atoms with van der Waals surface area (Å²) in [6.45, 7) is 1.82. The van der Waals surface area contributed by atoms with Gasteiger partial charge in [-0.05, 0) is 25.1 Å². The van der Waals surface area contributed by atoms with E-state index in [0.29, 0.717) is 17.2 Å². The predicted molar refractivity (Wildman–Crippen MR) is 62.4 cm³/mol. The molecule has 0 aliphatic heterocycles. The van der Waals surface area contributed by atoms with Crippen LogP contribution in [0.15, 0.2) is 30.5 Å². The molecule has 0 aliphatic carbocycles. The Morgan fingerprint density at radius 3 is 3.00 bits per heavy atom. The normalized spacial score (nSPS) is 9.65. The van der Waals surface area contributed by atoms with Crippen LogP contribution in [0.4, 0.5) is 5.95 Å². The van der Waals surface area contributed by atoms with Crippen molar-refractivity contribution in [1.82, 2.24) is 9.97 Å². The lowest BCUT2D eigenvalue weighted by atomic mass is 10.2. The van der Waals surface area contributed by atoms with Gasteiger partial charge in [0.1, 0.15) is 5.75 Å². The quantitative estimate of drug-likeness (QED) is 0.846. The maximum atomic E-state index is 8.78. The summed E-state index contributed by atoms with van der Waals surface area (Å²) in [6.07, 6.45) is 1.59. The summed E-state index contributed by atoms with van der Waals surface area (Å²) in [4.78, 5) is 7.83. The van der Waals surface area contributed by atoms with E-state index in [1.54, 1.807) is 30.5 Å². The van der Waals surface area contributed by atoms with E-state index in [0.717, 1.165) is 5.56 Å². The zero-order valence-corrected chi connectivity index (χ0v) is 9.21. The molecule has 2 rings (SSSR count). The maximum absolute atomic E-state index is 8.78. The number of ether oxygens (including phenoxy) is 1. The molecule has 1 aromatic carbocycles. The van der Waals surface area contributed by atoms with Gasteiger partial charge in [-0.1, -0.05) is 6.07 Å². The van der Waals surface area contributed by atoms with Crippen molar-refractivity contribution in [3.8, 4) is 17.7 Å². The highest BCUT2D eigenvalue weighted by molar-refractivity contribution is 5.39. The molecule has 0 atom stereocenters. The van der Waals surface area contributed by atoms with Gasteiger partial charge in [0.25, 0.3) is 0 Å². The predicted octanol–water partition coefficient (Wildman–Crippen LogP) is 2.03. The second-order valence-corrected chi connectivity index (χ2v) is 3.46. The van der Waals surface area contributed by atoms with Gasteiger partial charge < -0.3 is 10.5 Å². The highest BCUT2D eigenvalue weighted by Gasteiger charge is 2.05. The Morgan fingerprint density at radius 1 is 1.41 bits per heavy atom. The third-order valence-electron chi connectivity index (χ3n) is 2.12. The van der Waals surface area contributed by atoms with E-state index in [4.69, 9.17) is 15.7 Å². The molecule has 84 valence electrons. The fourth-order valence-corrected chi connectivity index (χ4v) is 1.28. The summed E-state index contributed by atoms with van der Waals surface area (Å²) in [7, 11) is 0. The number of nitrogen functional groups attached to an aromatic ring is 1. The van der Waals surface area contributed by atoms with Gasteiger partial charge in [0, 0.05) is 11.8 Å². The molecule has 0 spiro atoms. The van der Waals surface area contributed by atoms with Crippen molar-refractivity contribution in [2.45, 2.75) is 6.92 Å². The fourth-order valence-electron chi connectivity index (χ4n) is 1.28. The summed E-state index contributed by atoms with van der Waals surface area (Å²) in [5, 5.41) is 8.78. The summed E-state index contributed by atoms with van der Waals surface area (Å²) in [5.74, 6) is 1.10. The number of aromatic nitrogens is 2. The van der Waals surface area contributed by atoms with Crippen molar-refractivity contribution in [3.63, 3.8) is 0 Å². The Bertz CT molecular complexity index is 589. The Labute approximate surface area is 98.5 Å². The topological polar surface area (TPSA) is 84.8 Å². The minimum atomic E-state index is 0.155. The van der Waals surface area contributed by atoms with Crippen molar-refractivity contribution in [3.05, 3.63) is 41.6 Å². The highest BCUT2D eigenvalue weighted by atomic mass is 16.5. The molecule has 0 fully saturated rings. The van der Waals surface area contributed by atoms with Gasteiger partial charge in [-0.25, -0.2) is 4.98 Å². The van der Waals surface area contributed by atoms with E-state index in [9.17, 15) is 0 Å². The summed E-state index contributed by atoms with van der Waals surface area (Å²) >= 11 is 0. The van der Waals surface area contributed by atoms with E-state index >= 15 is 0 Å². The van der Waals surface area contributed by atoms with Crippen LogP contribution in [0.2, 0.25) is 0 Å². The second kappa shape index (κ2) is 4.49. The van der Waals surface area contributed by atoms with Crippen molar-refractivity contribution in [1.29, 1.82) is 5.26 Å². The summed E-state index contributed by atoms with van der Waals surface area (Å²) in [5.41, 5.74) is 6.79. The first-order valence-corrected chi connectivity index (χ1v) is 4.96. The largest absolute Gasteiger partial charge is 0.439 e. The summed E-state index contributed by atoms with van der Waals surface area (Å²) in [6, 6.07) is 8.87. The minimum absolute atomic E-state index is 0.155. The molecule has 0 unspecified atom stereocenters. The van der Waals surface area contributed by atoms with Gasteiger partial charge in [-0.15, -0.1) is 0 Å². The molecule has 5 nitrogen and oxygen atoms in total. The molecule has 2 aromatic rings. The molecular weight excluding hydrogens is 216 g/mol. The Balaban J connectivity index is 2.31. The molecule has 2 N–H and O–H groups in total. The fraction of sp³-hybridized carbons (Fsp3) is 0.0833. The van der Waals surface area contributed by atoms with Crippen LogP contribution in [0.25, 0.3) is 0 Å². The van der Waals surface area contributed by atoms with Crippen molar-refractivity contribution in [2.24, 2.45) is 0 Å². The zero-order chi connectivity index (χ0) is 12.3. The molecule has 5 heteroatoms. The number of anilines is 1. The van der Waals surface area contributed by atoms with Crippen molar-refractivity contribution >= 4 is 5.95 Å². The third kappa shape index (κ3) is 2.49. The SMILES string of the molecule is Cc1cnc(N)nc1Oc1cccc(C#N)c1. The monoisotopic (exact) mass is 226 g/mol. The number of hydrogen-bond acceptors (Lipinski definition) is 5. The average molecular weight is 226 g/mol. The van der Waals surface area contributed by atoms with E-state index in [1.165, 1.54) is 0 Å². The molecular formula is C12H10N4O. The van der Waals surface area contributed by atoms with Gasteiger partial charge >= 0.3 is 0 Å². The zero-order valence-electron chi connectivity index (χ0n) is 9.21. The lowest BCUT2D eigenvalue weighted by Gasteiger charge is -2.07. The highest BCUT2D eigenvalue weighted by Crippen LogP contribution is 2.23. The van der Waals surface area contributed by atoms with Gasteiger partial charge in [-0.2, -0.15) is 10.2 Å². The number of nitrogens with two attached hydrogens (primary N) is 1. The number of aryl methyl sites for hydroxylation is 1. The third-order valence-corrected chi connectivity index (χ3v) is 2.12. The van der Waals surface area contributed by atoms with E-state index in [2.05, 4.69) is 9.97 Å². The molecule has 0 bridgehead atoms. The first-order valence-electron chi connectivity index (χ1n) is 4.96. The molecule has 0 amide bonds. The van der Waals surface area contributed by atoms with Gasteiger partial charge in [0.15, 0.2) is 0 Å². The van der Waals surface area contributed by atoms with E-state index in [1.807, 2.05) is 13.0 Å². The number of benzene rings is 1. The smallest absolute Gasteiger partial charge is 0.226 e. The number of rotatable bonds is 2. The van der Waals surface area contributed by atoms with Crippen LogP contribution in [0.3, 0.4) is 0 Å². The van der Waals surface area contributed by atoms with Crippen LogP contribution in [0.5, 0.6) is 11.6 Å². The Kier molecular flexibility index (Phi) is 2.88. The van der Waals surface area contributed by atoms with Crippen LogP contribution in [-0.4, -0.2) is 9.97 Å². The molecule has 0 aliphatic rings. The molecule has 17 heavy (non-hydrogen) atoms. The lowest BCUT2D eigenvalue weighted by Crippen LogP contribution is -1.98. The molecule has 0 radical (unpaired) electrons. The van der Waals surface area contributed by atoms with Crippen LogP contribution in [-0.2, 0) is 0 Å². The van der Waals surface area contributed by atoms with Gasteiger partial charge in [0.05, 0.1) is 11.6 Å². The Hall–Kier alpha value is -2.61. The molecule has 1 aromatic heterocycles. The van der Waals surface area contributed by atoms with E-state index < -0.39 is 0 Å². The number of nitriles is 1.